The normalized spacial score (nSPS) is 35.7. The molecule has 0 radical (unpaired) electrons. The molecule has 0 spiro atoms. The van der Waals surface area contributed by atoms with E-state index in [0.29, 0.717) is 12.5 Å². The van der Waals surface area contributed by atoms with Crippen molar-refractivity contribution in [1.82, 2.24) is 0 Å². The van der Waals surface area contributed by atoms with Gasteiger partial charge < -0.3 is 9.84 Å². The zero-order valence-electron chi connectivity index (χ0n) is 7.47. The summed E-state index contributed by atoms with van der Waals surface area (Å²) in [7, 11) is 0. The van der Waals surface area contributed by atoms with Crippen molar-refractivity contribution in [3.05, 3.63) is 0 Å². The van der Waals surface area contributed by atoms with Crippen LogP contribution in [0.2, 0.25) is 0 Å². The third kappa shape index (κ3) is 1.94. The highest BCUT2D eigenvalue weighted by Gasteiger charge is 2.51. The van der Waals surface area contributed by atoms with Crippen LogP contribution in [0, 0.1) is 5.92 Å². The van der Waals surface area contributed by atoms with Gasteiger partial charge in [-0.2, -0.15) is 0 Å². The van der Waals surface area contributed by atoms with Crippen LogP contribution in [0.3, 0.4) is 0 Å². The molecule has 0 bridgehead atoms. The maximum absolute atomic E-state index is 8.59. The Balaban J connectivity index is 2.25. The fraction of sp³-hybridized carbons (Fsp3) is 1.00. The van der Waals surface area contributed by atoms with Gasteiger partial charge in [-0.25, -0.2) is 0 Å². The first kappa shape index (κ1) is 9.01. The number of ether oxygens (including phenoxy) is 1. The smallest absolute Gasteiger partial charge is 0.0713 e. The van der Waals surface area contributed by atoms with Gasteiger partial charge in [0.2, 0.25) is 0 Å². The topological polar surface area (TPSA) is 29.5 Å². The minimum Gasteiger partial charge on any atom is -0.394 e. The van der Waals surface area contributed by atoms with Crippen LogP contribution in [-0.2, 0) is 4.74 Å². The Kier molecular flexibility index (Phi) is 2.90. The van der Waals surface area contributed by atoms with Crippen molar-refractivity contribution in [3.63, 3.8) is 0 Å². The van der Waals surface area contributed by atoms with Crippen molar-refractivity contribution in [2.75, 3.05) is 13.2 Å². The van der Waals surface area contributed by atoms with Crippen molar-refractivity contribution in [2.45, 2.75) is 38.7 Å². The predicted molar refractivity (Wildman–Crippen MR) is 44.5 cm³/mol. The van der Waals surface area contributed by atoms with E-state index in [4.69, 9.17) is 9.84 Å². The van der Waals surface area contributed by atoms with E-state index in [1.54, 1.807) is 0 Å². The Morgan fingerprint density at radius 3 is 2.64 bits per heavy atom. The lowest BCUT2D eigenvalue weighted by atomic mass is 10.1. The van der Waals surface area contributed by atoms with Crippen LogP contribution in [0.1, 0.15) is 33.1 Å². The van der Waals surface area contributed by atoms with E-state index in [9.17, 15) is 0 Å². The summed E-state index contributed by atoms with van der Waals surface area (Å²) in [4.78, 5) is 0. The average molecular weight is 158 g/mol. The molecule has 2 heteroatoms. The zero-order chi connectivity index (χ0) is 8.32. The quantitative estimate of drug-likeness (QED) is 0.658. The molecule has 2 unspecified atom stereocenters. The Hall–Kier alpha value is -0.0800. The predicted octanol–water partition coefficient (Wildman–Crippen LogP) is 1.57. The first-order chi connectivity index (χ1) is 5.25. The molecule has 11 heavy (non-hydrogen) atoms. The van der Waals surface area contributed by atoms with E-state index in [0.717, 1.165) is 6.42 Å². The van der Waals surface area contributed by atoms with Crippen LogP contribution in [-0.4, -0.2) is 23.9 Å². The fourth-order valence-corrected chi connectivity index (χ4v) is 1.75. The van der Waals surface area contributed by atoms with Crippen LogP contribution in [0.4, 0.5) is 0 Å². The monoisotopic (exact) mass is 158 g/mol. The molecule has 2 nitrogen and oxygen atoms in total. The summed E-state index contributed by atoms with van der Waals surface area (Å²) in [6, 6.07) is 0. The van der Waals surface area contributed by atoms with E-state index in [-0.39, 0.29) is 12.2 Å². The summed E-state index contributed by atoms with van der Waals surface area (Å²) in [5.74, 6) is 0.703. The number of aliphatic hydroxyl groups excluding tert-OH is 1. The lowest BCUT2D eigenvalue weighted by Gasteiger charge is -2.15. The largest absolute Gasteiger partial charge is 0.394 e. The van der Waals surface area contributed by atoms with Crippen LogP contribution in [0.5, 0.6) is 0 Å². The zero-order valence-corrected chi connectivity index (χ0v) is 7.47. The van der Waals surface area contributed by atoms with Crippen molar-refractivity contribution < 1.29 is 9.84 Å². The van der Waals surface area contributed by atoms with Crippen LogP contribution in [0.15, 0.2) is 0 Å². The van der Waals surface area contributed by atoms with Crippen molar-refractivity contribution in [3.8, 4) is 0 Å². The van der Waals surface area contributed by atoms with Gasteiger partial charge in [0, 0.05) is 0 Å². The summed E-state index contributed by atoms with van der Waals surface area (Å²) < 4.78 is 5.59. The SMILES string of the molecule is CCCC1(OCCO)CC1C. The molecule has 2 atom stereocenters. The number of hydrogen-bond donors (Lipinski definition) is 1. The van der Waals surface area contributed by atoms with Gasteiger partial charge in [0.25, 0.3) is 0 Å². The summed E-state index contributed by atoms with van der Waals surface area (Å²) in [5.41, 5.74) is 0.150. The average Bonchev–Trinajstić information content (AvgIpc) is 2.59. The van der Waals surface area contributed by atoms with Crippen LogP contribution < -0.4 is 0 Å². The highest BCUT2D eigenvalue weighted by atomic mass is 16.5. The second kappa shape index (κ2) is 3.55. The maximum atomic E-state index is 8.59. The van der Waals surface area contributed by atoms with E-state index >= 15 is 0 Å². The summed E-state index contributed by atoms with van der Waals surface area (Å²) in [6.45, 7) is 5.05. The van der Waals surface area contributed by atoms with Crippen LogP contribution in [0.25, 0.3) is 0 Å². The van der Waals surface area contributed by atoms with Gasteiger partial charge in [-0.1, -0.05) is 20.3 Å². The van der Waals surface area contributed by atoms with Gasteiger partial charge in [-0.3, -0.25) is 0 Å². The molecule has 0 aromatic rings. The van der Waals surface area contributed by atoms with Crippen molar-refractivity contribution in [2.24, 2.45) is 5.92 Å². The first-order valence-corrected chi connectivity index (χ1v) is 4.50. The number of aliphatic hydroxyl groups is 1. The minimum atomic E-state index is 0.150. The van der Waals surface area contributed by atoms with Gasteiger partial charge in [-0.05, 0) is 18.8 Å². The molecule has 1 saturated carbocycles. The number of hydrogen-bond acceptors (Lipinski definition) is 2. The molecule has 1 rings (SSSR count). The highest BCUT2D eigenvalue weighted by molar-refractivity contribution is 5.02. The van der Waals surface area contributed by atoms with Crippen molar-refractivity contribution in [1.29, 1.82) is 0 Å². The standard InChI is InChI=1S/C9H18O2/c1-3-4-9(7-8(9)2)11-6-5-10/h8,10H,3-7H2,1-2H3. The van der Waals surface area contributed by atoms with Gasteiger partial charge >= 0.3 is 0 Å². The van der Waals surface area contributed by atoms with E-state index in [2.05, 4.69) is 13.8 Å². The molecular formula is C9H18O2. The molecule has 0 amide bonds. The first-order valence-electron chi connectivity index (χ1n) is 4.50. The third-order valence-corrected chi connectivity index (χ3v) is 2.54. The lowest BCUT2D eigenvalue weighted by molar-refractivity contribution is -0.00340. The van der Waals surface area contributed by atoms with Crippen molar-refractivity contribution >= 4 is 0 Å². The Labute approximate surface area is 68.6 Å². The van der Waals surface area contributed by atoms with E-state index in [1.165, 1.54) is 12.8 Å². The molecule has 0 aromatic heterocycles. The summed E-state index contributed by atoms with van der Waals surface area (Å²) >= 11 is 0. The lowest BCUT2D eigenvalue weighted by Crippen LogP contribution is -2.18. The molecule has 0 heterocycles. The summed E-state index contributed by atoms with van der Waals surface area (Å²) in [6.07, 6.45) is 3.50. The molecule has 1 fully saturated rings. The van der Waals surface area contributed by atoms with Gasteiger partial charge in [0.1, 0.15) is 0 Å². The van der Waals surface area contributed by atoms with Gasteiger partial charge in [0.15, 0.2) is 0 Å². The fourth-order valence-electron chi connectivity index (χ4n) is 1.75. The second-order valence-electron chi connectivity index (χ2n) is 3.49. The second-order valence-corrected chi connectivity index (χ2v) is 3.49. The Bertz CT molecular complexity index is 125. The van der Waals surface area contributed by atoms with Gasteiger partial charge in [-0.15, -0.1) is 0 Å². The highest BCUT2D eigenvalue weighted by Crippen LogP contribution is 2.49. The molecule has 0 aliphatic heterocycles. The van der Waals surface area contributed by atoms with Gasteiger partial charge in [0.05, 0.1) is 18.8 Å². The molecule has 66 valence electrons. The third-order valence-electron chi connectivity index (χ3n) is 2.54. The van der Waals surface area contributed by atoms with Crippen LogP contribution >= 0.6 is 0 Å². The molecule has 1 N–H and O–H groups in total. The maximum Gasteiger partial charge on any atom is 0.0713 e. The Morgan fingerprint density at radius 2 is 2.27 bits per heavy atom. The van der Waals surface area contributed by atoms with E-state index in [1.807, 2.05) is 0 Å². The number of rotatable bonds is 5. The molecular weight excluding hydrogens is 140 g/mol. The summed E-state index contributed by atoms with van der Waals surface area (Å²) in [5, 5.41) is 8.59. The molecule has 1 aliphatic rings. The molecule has 0 saturated heterocycles. The Morgan fingerprint density at radius 1 is 1.64 bits per heavy atom. The molecule has 0 aromatic carbocycles. The van der Waals surface area contributed by atoms with E-state index < -0.39 is 0 Å². The molecule has 1 aliphatic carbocycles. The minimum absolute atomic E-state index is 0.150.